The van der Waals surface area contributed by atoms with Crippen LogP contribution in [-0.4, -0.2) is 7.28 Å². The summed E-state index contributed by atoms with van der Waals surface area (Å²) in [7, 11) is 2.00. The highest BCUT2D eigenvalue weighted by Crippen LogP contribution is 2.04. The first kappa shape index (κ1) is 15.0. The Balaban J connectivity index is 4.73. The third-order valence-corrected chi connectivity index (χ3v) is 1.88. The molecule has 0 spiro atoms. The molecule has 0 saturated heterocycles. The Bertz CT molecular complexity index is 352. The van der Waals surface area contributed by atoms with Gasteiger partial charge in [0.2, 0.25) is 0 Å². The van der Waals surface area contributed by atoms with Crippen molar-refractivity contribution in [3.63, 3.8) is 0 Å². The van der Waals surface area contributed by atoms with Crippen molar-refractivity contribution < 1.29 is 0 Å². The molecule has 0 aliphatic heterocycles. The Morgan fingerprint density at radius 2 is 1.06 bits per heavy atom. The highest BCUT2D eigenvalue weighted by atomic mass is 13.8. The lowest BCUT2D eigenvalue weighted by molar-refractivity contribution is 1.78. The van der Waals surface area contributed by atoms with E-state index in [1.807, 2.05) is 43.7 Å². The van der Waals surface area contributed by atoms with E-state index < -0.39 is 0 Å². The third kappa shape index (κ3) is 7.86. The van der Waals surface area contributed by atoms with Crippen LogP contribution in [0.2, 0.25) is 0 Å². The van der Waals surface area contributed by atoms with Crippen LogP contribution in [0.15, 0.2) is 98.0 Å². The van der Waals surface area contributed by atoms with Crippen LogP contribution in [0.25, 0.3) is 0 Å². The zero-order valence-electron chi connectivity index (χ0n) is 10.2. The smallest absolute Gasteiger partial charge is 0.0996 e. The van der Waals surface area contributed by atoms with Crippen LogP contribution in [0.4, 0.5) is 0 Å². The van der Waals surface area contributed by atoms with Crippen molar-refractivity contribution in [1.29, 1.82) is 0 Å². The Morgan fingerprint density at radius 3 is 1.35 bits per heavy atom. The van der Waals surface area contributed by atoms with Gasteiger partial charge in [-0.05, 0) is 0 Å². The maximum Gasteiger partial charge on any atom is 0.191 e. The normalized spacial score (nSPS) is 12.7. The minimum Gasteiger partial charge on any atom is -0.0996 e. The molecule has 0 atom stereocenters. The summed E-state index contributed by atoms with van der Waals surface area (Å²) in [5.41, 5.74) is 2.03. The maximum atomic E-state index is 3.77. The molecule has 1 radical (unpaired) electrons. The van der Waals surface area contributed by atoms with E-state index in [-0.39, 0.29) is 0 Å². The van der Waals surface area contributed by atoms with Gasteiger partial charge in [0.25, 0.3) is 0 Å². The Morgan fingerprint density at radius 1 is 0.647 bits per heavy atom. The molecule has 0 amide bonds. The molecule has 0 heterocycles. The quantitative estimate of drug-likeness (QED) is 0.423. The topological polar surface area (TPSA) is 0 Å². The highest BCUT2D eigenvalue weighted by molar-refractivity contribution is 6.55. The van der Waals surface area contributed by atoms with Crippen molar-refractivity contribution in [1.82, 2.24) is 0 Å². The third-order valence-electron chi connectivity index (χ3n) is 1.88. The lowest BCUT2D eigenvalue weighted by atomic mass is 9.62. The summed E-state index contributed by atoms with van der Waals surface area (Å²) in [4.78, 5) is 0. The Hall–Kier alpha value is -2.02. The highest BCUT2D eigenvalue weighted by Gasteiger charge is 1.96. The van der Waals surface area contributed by atoms with Crippen molar-refractivity contribution in [3.05, 3.63) is 98.0 Å². The summed E-state index contributed by atoms with van der Waals surface area (Å²) < 4.78 is 0. The van der Waals surface area contributed by atoms with Gasteiger partial charge in [0.15, 0.2) is 7.28 Å². The molecule has 0 nitrogen and oxygen atoms in total. The zero-order valence-corrected chi connectivity index (χ0v) is 10.2. The molecule has 0 aromatic carbocycles. The van der Waals surface area contributed by atoms with Gasteiger partial charge in [0, 0.05) is 0 Å². The second-order valence-corrected chi connectivity index (χ2v) is 3.13. The van der Waals surface area contributed by atoms with E-state index >= 15 is 0 Å². The molecule has 0 aliphatic rings. The predicted octanol–water partition coefficient (Wildman–Crippen LogP) is 4.31. The van der Waals surface area contributed by atoms with Crippen LogP contribution < -0.4 is 0 Å². The number of hydrogen-bond acceptors (Lipinski definition) is 0. The molecule has 17 heavy (non-hydrogen) atoms. The second kappa shape index (κ2) is 10.5. The fourth-order valence-electron chi connectivity index (χ4n) is 1.03. The van der Waals surface area contributed by atoms with E-state index in [1.54, 1.807) is 24.3 Å². The maximum absolute atomic E-state index is 3.77. The van der Waals surface area contributed by atoms with Gasteiger partial charge in [-0.3, -0.25) is 0 Å². The summed E-state index contributed by atoms with van der Waals surface area (Å²) in [6.45, 7) is 14.8. The molecule has 0 saturated carbocycles. The summed E-state index contributed by atoms with van der Waals surface area (Å²) in [6, 6.07) is 0. The molecule has 1 heteroatoms. The van der Waals surface area contributed by atoms with Crippen LogP contribution >= 0.6 is 0 Å². The number of rotatable bonds is 8. The van der Waals surface area contributed by atoms with E-state index in [0.717, 1.165) is 10.9 Å². The molecule has 0 aromatic heterocycles. The molecule has 0 bridgehead atoms. The molecule has 0 fully saturated rings. The second-order valence-electron chi connectivity index (χ2n) is 3.13. The average molecular weight is 221 g/mol. The van der Waals surface area contributed by atoms with E-state index in [2.05, 4.69) is 26.3 Å². The average Bonchev–Trinajstić information content (AvgIpc) is 2.36. The summed E-state index contributed by atoms with van der Waals surface area (Å²) >= 11 is 0. The van der Waals surface area contributed by atoms with Crippen LogP contribution in [0.5, 0.6) is 0 Å². The summed E-state index contributed by atoms with van der Waals surface area (Å²) in [6.07, 6.45) is 18.5. The molecule has 0 rings (SSSR count). The molecule has 0 unspecified atom stereocenters. The fourth-order valence-corrected chi connectivity index (χ4v) is 1.03. The van der Waals surface area contributed by atoms with Crippen LogP contribution in [0.3, 0.4) is 0 Å². The van der Waals surface area contributed by atoms with Crippen LogP contribution in [0.1, 0.15) is 0 Å². The van der Waals surface area contributed by atoms with Gasteiger partial charge < -0.3 is 0 Å². The van der Waals surface area contributed by atoms with Crippen LogP contribution in [0, 0.1) is 0 Å². The van der Waals surface area contributed by atoms with Gasteiger partial charge in [-0.1, -0.05) is 98.0 Å². The number of hydrogen-bond donors (Lipinski definition) is 0. The van der Waals surface area contributed by atoms with Crippen molar-refractivity contribution in [3.8, 4) is 0 Å². The van der Waals surface area contributed by atoms with Gasteiger partial charge >= 0.3 is 0 Å². The lowest BCUT2D eigenvalue weighted by Gasteiger charge is -1.99. The van der Waals surface area contributed by atoms with E-state index in [9.17, 15) is 0 Å². The lowest BCUT2D eigenvalue weighted by Crippen LogP contribution is -1.96. The Labute approximate surface area is 106 Å². The molecule has 0 aromatic rings. The van der Waals surface area contributed by atoms with Gasteiger partial charge in [0.05, 0.1) is 0 Å². The summed E-state index contributed by atoms with van der Waals surface area (Å²) in [5.74, 6) is 0. The molecular formula is C16H18B. The number of allylic oxidation sites excluding steroid dienone is 12. The van der Waals surface area contributed by atoms with Crippen molar-refractivity contribution in [2.45, 2.75) is 0 Å². The van der Waals surface area contributed by atoms with E-state index in [4.69, 9.17) is 0 Å². The first-order valence-electron chi connectivity index (χ1n) is 5.37. The standard InChI is InChI=1S/C16H18B/c1-5-9-11-13-15(7-3)17-16(8-4)14-12-10-6-2/h5-14H,1-4H2/b11-9-,12-10-,15-13+,16-14+. The van der Waals surface area contributed by atoms with Gasteiger partial charge in [-0.15, -0.1) is 0 Å². The first-order chi connectivity index (χ1) is 8.28. The SMILES string of the molecule is C=C/C=C\C=C(\[B]/C(C=C)=C/C=C\C=C)C=C. The molecule has 0 aliphatic carbocycles. The van der Waals surface area contributed by atoms with E-state index in [1.165, 1.54) is 0 Å². The van der Waals surface area contributed by atoms with Crippen molar-refractivity contribution in [2.75, 3.05) is 0 Å². The molecule has 0 N–H and O–H groups in total. The predicted molar refractivity (Wildman–Crippen MR) is 81.0 cm³/mol. The Kier molecular flexibility index (Phi) is 9.26. The summed E-state index contributed by atoms with van der Waals surface area (Å²) in [5, 5.41) is 0. The van der Waals surface area contributed by atoms with E-state index in [0.29, 0.717) is 0 Å². The van der Waals surface area contributed by atoms with Gasteiger partial charge in [-0.2, -0.15) is 0 Å². The first-order valence-corrected chi connectivity index (χ1v) is 5.37. The van der Waals surface area contributed by atoms with Crippen molar-refractivity contribution in [2.24, 2.45) is 0 Å². The molecule has 85 valence electrons. The van der Waals surface area contributed by atoms with Gasteiger partial charge in [0.1, 0.15) is 0 Å². The largest absolute Gasteiger partial charge is 0.191 e. The van der Waals surface area contributed by atoms with Gasteiger partial charge in [-0.25, -0.2) is 0 Å². The minimum absolute atomic E-state index is 1.02. The van der Waals surface area contributed by atoms with Crippen molar-refractivity contribution >= 4 is 7.28 Å². The molecular weight excluding hydrogens is 203 g/mol. The van der Waals surface area contributed by atoms with Crippen LogP contribution in [-0.2, 0) is 0 Å². The monoisotopic (exact) mass is 221 g/mol. The minimum atomic E-state index is 1.02. The zero-order chi connectivity index (χ0) is 12.9. The fraction of sp³-hybridized carbons (Fsp3) is 0.